The van der Waals surface area contributed by atoms with Gasteiger partial charge in [-0.15, -0.1) is 0 Å². The van der Waals surface area contributed by atoms with Gasteiger partial charge in [-0.1, -0.05) is 0 Å². The summed E-state index contributed by atoms with van der Waals surface area (Å²) in [6.07, 6.45) is 3.85. The summed E-state index contributed by atoms with van der Waals surface area (Å²) in [5.41, 5.74) is 0.701. The summed E-state index contributed by atoms with van der Waals surface area (Å²) in [4.78, 5) is 8.31. The molecule has 1 aromatic heterocycles. The molecule has 0 aliphatic carbocycles. The number of halogens is 2. The lowest BCUT2D eigenvalue weighted by Crippen LogP contribution is -2.29. The third-order valence-corrected chi connectivity index (χ3v) is 3.28. The second-order valence-electron chi connectivity index (χ2n) is 4.68. The third-order valence-electron chi connectivity index (χ3n) is 3.28. The van der Waals surface area contributed by atoms with Crippen LogP contribution in [0, 0.1) is 11.6 Å². The van der Waals surface area contributed by atoms with Crippen LogP contribution in [0.25, 0.3) is 11.0 Å². The molecular weight excluding hydrogens is 250 g/mol. The van der Waals surface area contributed by atoms with E-state index in [9.17, 15) is 8.78 Å². The van der Waals surface area contributed by atoms with Gasteiger partial charge in [-0.25, -0.2) is 13.8 Å². The maximum absolute atomic E-state index is 13.1. The molecule has 1 atom stereocenters. The highest BCUT2D eigenvalue weighted by Gasteiger charge is 2.13. The van der Waals surface area contributed by atoms with Crippen molar-refractivity contribution in [2.45, 2.75) is 18.9 Å². The highest BCUT2D eigenvalue weighted by molar-refractivity contribution is 5.75. The second-order valence-corrected chi connectivity index (χ2v) is 4.68. The zero-order valence-corrected chi connectivity index (χ0v) is 10.3. The summed E-state index contributed by atoms with van der Waals surface area (Å²) in [5, 5.41) is 6.52. The maximum Gasteiger partial charge on any atom is 0.161 e. The first-order valence-electron chi connectivity index (χ1n) is 6.31. The van der Waals surface area contributed by atoms with E-state index in [0.717, 1.165) is 31.6 Å². The number of aromatic nitrogens is 2. The fourth-order valence-corrected chi connectivity index (χ4v) is 2.25. The molecule has 0 spiro atoms. The van der Waals surface area contributed by atoms with Crippen LogP contribution in [0.3, 0.4) is 0 Å². The average Bonchev–Trinajstić information content (AvgIpc) is 2.91. The van der Waals surface area contributed by atoms with Crippen molar-refractivity contribution in [2.75, 3.05) is 18.4 Å². The molecule has 6 heteroatoms. The molecule has 2 heterocycles. The van der Waals surface area contributed by atoms with Gasteiger partial charge in [0, 0.05) is 24.7 Å². The van der Waals surface area contributed by atoms with Crippen molar-refractivity contribution >= 4 is 16.9 Å². The van der Waals surface area contributed by atoms with Crippen LogP contribution in [0.2, 0.25) is 0 Å². The van der Waals surface area contributed by atoms with Crippen LogP contribution in [0.4, 0.5) is 14.6 Å². The minimum atomic E-state index is -0.906. The van der Waals surface area contributed by atoms with Crippen molar-refractivity contribution < 1.29 is 8.78 Å². The normalized spacial score (nSPS) is 18.9. The SMILES string of the molecule is Fc1cc2ncc(NC[C@@H]3CCCN3)nc2cc1F. The molecule has 1 aromatic carbocycles. The quantitative estimate of drug-likeness (QED) is 0.891. The van der Waals surface area contributed by atoms with Gasteiger partial charge in [-0.3, -0.25) is 4.98 Å². The summed E-state index contributed by atoms with van der Waals surface area (Å²) in [6.45, 7) is 1.80. The number of nitrogens with zero attached hydrogens (tertiary/aromatic N) is 2. The van der Waals surface area contributed by atoms with Gasteiger partial charge in [-0.2, -0.15) is 0 Å². The van der Waals surface area contributed by atoms with Crippen molar-refractivity contribution in [3.63, 3.8) is 0 Å². The van der Waals surface area contributed by atoms with Crippen LogP contribution in [-0.4, -0.2) is 29.1 Å². The molecule has 2 N–H and O–H groups in total. The maximum atomic E-state index is 13.1. The van der Waals surface area contributed by atoms with Gasteiger partial charge in [0.15, 0.2) is 11.6 Å². The molecular formula is C13H14F2N4. The highest BCUT2D eigenvalue weighted by atomic mass is 19.2. The Bertz CT molecular complexity index is 596. The van der Waals surface area contributed by atoms with Gasteiger partial charge >= 0.3 is 0 Å². The molecule has 3 rings (SSSR count). The zero-order chi connectivity index (χ0) is 13.2. The first-order chi connectivity index (χ1) is 9.22. The van der Waals surface area contributed by atoms with E-state index in [-0.39, 0.29) is 0 Å². The number of rotatable bonds is 3. The lowest BCUT2D eigenvalue weighted by Gasteiger charge is -2.12. The zero-order valence-electron chi connectivity index (χ0n) is 10.3. The van der Waals surface area contributed by atoms with Crippen LogP contribution < -0.4 is 10.6 Å². The van der Waals surface area contributed by atoms with Gasteiger partial charge in [-0.05, 0) is 19.4 Å². The Hall–Kier alpha value is -1.82. The molecule has 2 aromatic rings. The van der Waals surface area contributed by atoms with Crippen molar-refractivity contribution in [3.8, 4) is 0 Å². The van der Waals surface area contributed by atoms with E-state index in [4.69, 9.17) is 0 Å². The summed E-state index contributed by atoms with van der Waals surface area (Å²) in [6, 6.07) is 2.55. The van der Waals surface area contributed by atoms with Crippen LogP contribution >= 0.6 is 0 Å². The van der Waals surface area contributed by atoms with Gasteiger partial charge < -0.3 is 10.6 Å². The Morgan fingerprint density at radius 2 is 2.05 bits per heavy atom. The molecule has 100 valence electrons. The highest BCUT2D eigenvalue weighted by Crippen LogP contribution is 2.16. The number of fused-ring (bicyclic) bond motifs is 1. The fraction of sp³-hybridized carbons (Fsp3) is 0.385. The smallest absolute Gasteiger partial charge is 0.161 e. The van der Waals surface area contributed by atoms with Crippen LogP contribution in [0.1, 0.15) is 12.8 Å². The largest absolute Gasteiger partial charge is 0.367 e. The van der Waals surface area contributed by atoms with Gasteiger partial charge in [0.1, 0.15) is 5.82 Å². The molecule has 0 bridgehead atoms. The van der Waals surface area contributed by atoms with Gasteiger partial charge in [0.25, 0.3) is 0 Å². The number of anilines is 1. The van der Waals surface area contributed by atoms with Crippen molar-refractivity contribution in [3.05, 3.63) is 30.0 Å². The molecule has 1 aliphatic heterocycles. The minimum absolute atomic E-state index is 0.350. The Morgan fingerprint density at radius 1 is 1.26 bits per heavy atom. The molecule has 19 heavy (non-hydrogen) atoms. The van der Waals surface area contributed by atoms with E-state index < -0.39 is 11.6 Å². The van der Waals surface area contributed by atoms with E-state index in [1.807, 2.05) is 0 Å². The molecule has 0 unspecified atom stereocenters. The fourth-order valence-electron chi connectivity index (χ4n) is 2.25. The van der Waals surface area contributed by atoms with Crippen LogP contribution in [0.15, 0.2) is 18.3 Å². The molecule has 4 nitrogen and oxygen atoms in total. The van der Waals surface area contributed by atoms with E-state index >= 15 is 0 Å². The first kappa shape index (κ1) is 12.2. The number of hydrogen-bond donors (Lipinski definition) is 2. The Kier molecular flexibility index (Phi) is 3.25. The van der Waals surface area contributed by atoms with Crippen molar-refractivity contribution in [1.29, 1.82) is 0 Å². The summed E-state index contributed by atoms with van der Waals surface area (Å²) in [7, 11) is 0. The van der Waals surface area contributed by atoms with E-state index in [0.29, 0.717) is 22.9 Å². The predicted octanol–water partition coefficient (Wildman–Crippen LogP) is 2.07. The molecule has 1 aliphatic rings. The molecule has 1 saturated heterocycles. The summed E-state index contributed by atoms with van der Waals surface area (Å²) >= 11 is 0. The van der Waals surface area contributed by atoms with E-state index in [1.54, 1.807) is 0 Å². The monoisotopic (exact) mass is 264 g/mol. The lowest BCUT2D eigenvalue weighted by molar-refractivity contribution is 0.510. The second kappa shape index (κ2) is 5.05. The molecule has 1 fully saturated rings. The third kappa shape index (κ3) is 2.63. The summed E-state index contributed by atoms with van der Waals surface area (Å²) in [5.74, 6) is -1.23. The Balaban J connectivity index is 1.78. The number of benzene rings is 1. The van der Waals surface area contributed by atoms with Crippen LogP contribution in [0.5, 0.6) is 0 Å². The van der Waals surface area contributed by atoms with Crippen molar-refractivity contribution in [2.24, 2.45) is 0 Å². The predicted molar refractivity (Wildman–Crippen MR) is 69.0 cm³/mol. The van der Waals surface area contributed by atoms with E-state index in [2.05, 4.69) is 20.6 Å². The Labute approximate surface area is 109 Å². The van der Waals surface area contributed by atoms with Crippen molar-refractivity contribution in [1.82, 2.24) is 15.3 Å². The average molecular weight is 264 g/mol. The number of nitrogens with one attached hydrogen (secondary N) is 2. The molecule has 0 radical (unpaired) electrons. The minimum Gasteiger partial charge on any atom is -0.367 e. The van der Waals surface area contributed by atoms with Crippen LogP contribution in [-0.2, 0) is 0 Å². The number of hydrogen-bond acceptors (Lipinski definition) is 4. The lowest BCUT2D eigenvalue weighted by atomic mass is 10.2. The molecule has 0 amide bonds. The topological polar surface area (TPSA) is 49.8 Å². The standard InChI is InChI=1S/C13H14F2N4/c14-9-4-11-12(5-10(9)15)19-13(7-17-11)18-6-8-2-1-3-16-8/h4-5,7-8,16H,1-3,6H2,(H,18,19)/t8-/m0/s1. The molecule has 0 saturated carbocycles. The Morgan fingerprint density at radius 3 is 2.79 bits per heavy atom. The first-order valence-corrected chi connectivity index (χ1v) is 6.31. The summed E-state index contributed by atoms with van der Waals surface area (Å²) < 4.78 is 26.2. The van der Waals surface area contributed by atoms with Gasteiger partial charge in [0.05, 0.1) is 17.2 Å². The van der Waals surface area contributed by atoms with Gasteiger partial charge in [0.2, 0.25) is 0 Å². The van der Waals surface area contributed by atoms with E-state index in [1.165, 1.54) is 12.6 Å².